The Morgan fingerprint density at radius 3 is 2.79 bits per heavy atom. The van der Waals surface area contributed by atoms with Gasteiger partial charge in [-0.25, -0.2) is 18.1 Å². The normalized spacial score (nSPS) is 15.8. The van der Waals surface area contributed by atoms with Gasteiger partial charge in [0.2, 0.25) is 10.0 Å². The average molecular weight is 475 g/mol. The summed E-state index contributed by atoms with van der Waals surface area (Å²) in [6.07, 6.45) is 4.34. The first-order chi connectivity index (χ1) is 15.8. The zero-order valence-corrected chi connectivity index (χ0v) is 19.3. The number of nitrogens with zero attached hydrogens (tertiary/aromatic N) is 2. The number of rotatable bonds is 2. The van der Waals surface area contributed by atoms with Crippen LogP contribution in [0, 0.1) is 18.3 Å². The van der Waals surface area contributed by atoms with Gasteiger partial charge in [-0.15, -0.1) is 0 Å². The molecule has 1 aromatic heterocycles. The summed E-state index contributed by atoms with van der Waals surface area (Å²) in [5, 5.41) is 12.9. The number of fused-ring (bicyclic) bond motifs is 2. The van der Waals surface area contributed by atoms with Gasteiger partial charge in [-0.05, 0) is 66.5 Å². The predicted molar refractivity (Wildman–Crippen MR) is 130 cm³/mol. The highest BCUT2D eigenvalue weighted by atomic mass is 35.5. The van der Waals surface area contributed by atoms with Crippen LogP contribution < -0.4 is 10.0 Å². The maximum Gasteiger partial charge on any atom is 0.242 e. The van der Waals surface area contributed by atoms with E-state index in [2.05, 4.69) is 22.7 Å². The minimum atomic E-state index is -3.63. The second-order valence-corrected chi connectivity index (χ2v) is 10.1. The molecule has 0 bridgehead atoms. The Hall–Kier alpha value is -3.44. The highest BCUT2D eigenvalue weighted by molar-refractivity contribution is 7.89. The highest BCUT2D eigenvalue weighted by Crippen LogP contribution is 2.41. The topological polar surface area (TPSA) is 94.9 Å². The number of benzene rings is 2. The number of anilines is 1. The third-order valence-corrected chi connectivity index (χ3v) is 7.90. The Balaban J connectivity index is 1.81. The molecule has 3 heterocycles. The number of hydrogen-bond donors (Lipinski definition) is 2. The second kappa shape index (κ2) is 7.85. The lowest BCUT2D eigenvalue weighted by atomic mass is 9.92. The summed E-state index contributed by atoms with van der Waals surface area (Å²) in [5.41, 5.74) is 6.70. The van der Waals surface area contributed by atoms with Crippen LogP contribution in [-0.2, 0) is 16.4 Å². The Morgan fingerprint density at radius 2 is 2.00 bits per heavy atom. The monoisotopic (exact) mass is 474 g/mol. The van der Waals surface area contributed by atoms with Crippen LogP contribution in [0.4, 0.5) is 5.82 Å². The van der Waals surface area contributed by atoms with Gasteiger partial charge in [0, 0.05) is 28.9 Å². The largest absolute Gasteiger partial charge is 0.340 e. The van der Waals surface area contributed by atoms with E-state index in [1.54, 1.807) is 12.1 Å². The van der Waals surface area contributed by atoms with Crippen LogP contribution in [-0.4, -0.2) is 19.9 Å². The van der Waals surface area contributed by atoms with E-state index in [9.17, 15) is 13.7 Å². The van der Waals surface area contributed by atoms with Crippen LogP contribution in [0.3, 0.4) is 0 Å². The molecule has 0 spiro atoms. The number of sulfonamides is 1. The van der Waals surface area contributed by atoms with Gasteiger partial charge in [-0.1, -0.05) is 30.3 Å². The van der Waals surface area contributed by atoms with Crippen LogP contribution in [0.15, 0.2) is 59.6 Å². The van der Waals surface area contributed by atoms with Gasteiger partial charge in [-0.3, -0.25) is 0 Å². The highest BCUT2D eigenvalue weighted by Gasteiger charge is 2.28. The minimum Gasteiger partial charge on any atom is -0.340 e. The van der Waals surface area contributed by atoms with Crippen molar-refractivity contribution >= 4 is 33.5 Å². The summed E-state index contributed by atoms with van der Waals surface area (Å²) in [4.78, 5) is 5.04. The fourth-order valence-electron chi connectivity index (χ4n) is 4.26. The lowest BCUT2D eigenvalue weighted by molar-refractivity contribution is 0.573. The Bertz CT molecular complexity index is 1530. The zero-order chi connectivity index (χ0) is 23.3. The van der Waals surface area contributed by atoms with Crippen molar-refractivity contribution in [2.24, 2.45) is 0 Å². The quantitative estimate of drug-likeness (QED) is 0.542. The summed E-state index contributed by atoms with van der Waals surface area (Å²) in [6, 6.07) is 13.3. The van der Waals surface area contributed by atoms with Gasteiger partial charge < -0.3 is 5.32 Å². The number of nitriles is 1. The van der Waals surface area contributed by atoms with E-state index < -0.39 is 10.0 Å². The number of pyridine rings is 1. The zero-order valence-electron chi connectivity index (χ0n) is 17.7. The molecular formula is C25H19ClN4O2S. The van der Waals surface area contributed by atoms with Crippen molar-refractivity contribution in [1.29, 1.82) is 5.26 Å². The van der Waals surface area contributed by atoms with E-state index in [1.807, 2.05) is 43.3 Å². The molecule has 0 unspecified atom stereocenters. The van der Waals surface area contributed by atoms with Crippen molar-refractivity contribution < 1.29 is 8.42 Å². The van der Waals surface area contributed by atoms with E-state index in [4.69, 9.17) is 16.6 Å². The van der Waals surface area contributed by atoms with Gasteiger partial charge in [0.25, 0.3) is 0 Å². The van der Waals surface area contributed by atoms with Crippen molar-refractivity contribution in [2.75, 3.05) is 11.9 Å². The maximum atomic E-state index is 12.5. The molecular weight excluding hydrogens is 456 g/mol. The van der Waals surface area contributed by atoms with Crippen molar-refractivity contribution in [3.8, 4) is 28.5 Å². The van der Waals surface area contributed by atoms with Crippen molar-refractivity contribution in [3.05, 3.63) is 82.0 Å². The summed E-state index contributed by atoms with van der Waals surface area (Å²) in [7, 11) is -3.63. The summed E-state index contributed by atoms with van der Waals surface area (Å²) < 4.78 is 27.5. The molecule has 0 atom stereocenters. The van der Waals surface area contributed by atoms with E-state index in [-0.39, 0.29) is 9.92 Å². The molecule has 0 radical (unpaired) electrons. The molecule has 33 heavy (non-hydrogen) atoms. The molecule has 2 aliphatic heterocycles. The van der Waals surface area contributed by atoms with E-state index in [0.29, 0.717) is 35.6 Å². The molecule has 164 valence electrons. The number of hydrogen-bond acceptors (Lipinski definition) is 5. The fraction of sp³-hybridized carbons (Fsp3) is 0.120. The van der Waals surface area contributed by atoms with Gasteiger partial charge in [-0.2, -0.15) is 5.26 Å². The van der Waals surface area contributed by atoms with Crippen LogP contribution in [0.2, 0.25) is 5.02 Å². The number of nitrogens with one attached hydrogen (secondary N) is 2. The van der Waals surface area contributed by atoms with Crippen LogP contribution in [0.25, 0.3) is 28.5 Å². The smallest absolute Gasteiger partial charge is 0.242 e. The van der Waals surface area contributed by atoms with E-state index in [0.717, 1.165) is 33.5 Å². The molecule has 2 aliphatic rings. The van der Waals surface area contributed by atoms with Gasteiger partial charge in [0.05, 0.1) is 22.3 Å². The Kier molecular flexibility index (Phi) is 5.09. The Morgan fingerprint density at radius 1 is 1.18 bits per heavy atom. The van der Waals surface area contributed by atoms with Crippen molar-refractivity contribution in [2.45, 2.75) is 18.2 Å². The van der Waals surface area contributed by atoms with Gasteiger partial charge >= 0.3 is 0 Å². The molecule has 0 aliphatic carbocycles. The first kappa shape index (κ1) is 21.4. The first-order valence-corrected chi connectivity index (χ1v) is 12.2. The fourth-order valence-corrected chi connectivity index (χ4v) is 6.14. The van der Waals surface area contributed by atoms with Crippen LogP contribution >= 0.6 is 11.6 Å². The summed E-state index contributed by atoms with van der Waals surface area (Å²) >= 11 is 6.50. The number of allylic oxidation sites excluding steroid dienone is 1. The number of halogens is 1. The summed E-state index contributed by atoms with van der Waals surface area (Å²) in [6.45, 7) is 6.17. The lowest BCUT2D eigenvalue weighted by Crippen LogP contribution is -2.32. The van der Waals surface area contributed by atoms with Gasteiger partial charge in [0.15, 0.2) is 0 Å². The molecule has 6 nitrogen and oxygen atoms in total. The minimum absolute atomic E-state index is 0.132. The standard InChI is InChI=1S/C25H19ClN4O2S/c1-14-6-7-17-11-21(19-10-16-8-9-28-33(31,32)24(16)22(26)12-19)23(30-25(17)29-14)20-5-3-4-18(13-27)15(20)2/h3-7,10-12,28H,1,8-9H2,2H3,(H,29,30). The molecule has 5 rings (SSSR count). The molecule has 0 saturated heterocycles. The lowest BCUT2D eigenvalue weighted by Gasteiger charge is -2.22. The third kappa shape index (κ3) is 3.62. The van der Waals surface area contributed by atoms with E-state index >= 15 is 0 Å². The molecule has 2 N–H and O–H groups in total. The molecule has 0 amide bonds. The summed E-state index contributed by atoms with van der Waals surface area (Å²) in [5.74, 6) is 0.666. The first-order valence-electron chi connectivity index (χ1n) is 10.3. The van der Waals surface area contributed by atoms with Crippen LogP contribution in [0.5, 0.6) is 0 Å². The van der Waals surface area contributed by atoms with Gasteiger partial charge in [0.1, 0.15) is 10.7 Å². The van der Waals surface area contributed by atoms with Crippen molar-refractivity contribution in [1.82, 2.24) is 9.71 Å². The van der Waals surface area contributed by atoms with Crippen molar-refractivity contribution in [3.63, 3.8) is 0 Å². The SMILES string of the molecule is C=C1C=Cc2cc(-c3cc(Cl)c4c(c3)CCNS4(=O)=O)c(-c3cccc(C#N)c3C)nc2N1. The molecule has 8 heteroatoms. The second-order valence-electron chi connectivity index (χ2n) is 7.99. The van der Waals surface area contributed by atoms with Crippen LogP contribution in [0.1, 0.15) is 22.3 Å². The third-order valence-electron chi connectivity index (χ3n) is 5.89. The molecule has 0 saturated carbocycles. The predicted octanol–water partition coefficient (Wildman–Crippen LogP) is 5.04. The molecule has 0 fully saturated rings. The molecule has 2 aromatic carbocycles. The molecule has 3 aromatic rings. The van der Waals surface area contributed by atoms with E-state index in [1.165, 1.54) is 0 Å². The maximum absolute atomic E-state index is 12.5. The Labute approximate surface area is 197 Å². The average Bonchev–Trinajstić information content (AvgIpc) is 2.77. The number of aromatic nitrogens is 1.